The number of β-amino-alcohol motifs (C(OH)–C–C–N with tert-alkyl or cyclic N) is 1. The minimum absolute atomic E-state index is 0.318. The lowest BCUT2D eigenvalue weighted by Gasteiger charge is -2.27. The number of nitrogens with zero attached hydrogens (tertiary/aromatic N) is 2. The van der Waals surface area contributed by atoms with Crippen LogP contribution in [0.5, 0.6) is 0 Å². The highest BCUT2D eigenvalue weighted by atomic mass is 32.2. The Morgan fingerprint density at radius 1 is 0.960 bits per heavy atom. The van der Waals surface area contributed by atoms with Gasteiger partial charge in [0.1, 0.15) is 11.6 Å². The Morgan fingerprint density at radius 2 is 1.76 bits per heavy atom. The molecular weight excluding hydrogens is 342 g/mol. The molecule has 0 aliphatic carbocycles. The highest BCUT2D eigenvalue weighted by molar-refractivity contribution is 7.97. The Hall–Kier alpha value is -1.63. The van der Waals surface area contributed by atoms with Crippen LogP contribution in [-0.2, 0) is 6.54 Å². The third-order valence-corrected chi connectivity index (χ3v) is 5.84. The van der Waals surface area contributed by atoms with E-state index in [4.69, 9.17) is 0 Å². The average Bonchev–Trinajstić information content (AvgIpc) is 2.88. The van der Waals surface area contributed by atoms with Crippen molar-refractivity contribution in [1.82, 2.24) is 8.87 Å². The van der Waals surface area contributed by atoms with E-state index in [1.165, 1.54) is 30.7 Å². The molecule has 1 saturated heterocycles. The second-order valence-electron chi connectivity index (χ2n) is 6.52. The number of aromatic nitrogens is 1. The third-order valence-electron chi connectivity index (χ3n) is 4.67. The number of benzene rings is 2. The summed E-state index contributed by atoms with van der Waals surface area (Å²) in [5.41, 5.74) is 1.50. The van der Waals surface area contributed by atoms with Gasteiger partial charge in [0.15, 0.2) is 0 Å². The van der Waals surface area contributed by atoms with Crippen LogP contribution in [0.25, 0.3) is 21.8 Å². The fourth-order valence-electron chi connectivity index (χ4n) is 3.54. The van der Waals surface area contributed by atoms with Gasteiger partial charge in [-0.3, -0.25) is 0 Å². The van der Waals surface area contributed by atoms with Crippen LogP contribution in [-0.4, -0.2) is 38.9 Å². The number of hydrogen-bond donors (Lipinski definition) is 1. The van der Waals surface area contributed by atoms with Crippen molar-refractivity contribution in [3.63, 3.8) is 0 Å². The first-order valence-corrected chi connectivity index (χ1v) is 9.49. The van der Waals surface area contributed by atoms with Crippen molar-refractivity contribution in [3.05, 3.63) is 48.0 Å². The molecule has 3 nitrogen and oxygen atoms in total. The van der Waals surface area contributed by atoms with Crippen molar-refractivity contribution in [2.45, 2.75) is 25.5 Å². The van der Waals surface area contributed by atoms with E-state index in [0.29, 0.717) is 18.6 Å². The standard InChI is InChI=1S/C19H20F2N2OS/c20-13-4-6-18-17(9-13)16-5-3-14(21)10-19(16)23(18)12-15(24)11-22-7-1-2-8-25-22/h3-6,9-10,15,24H,1-2,7-8,11-12H2. The van der Waals surface area contributed by atoms with Gasteiger partial charge < -0.3 is 9.67 Å². The summed E-state index contributed by atoms with van der Waals surface area (Å²) in [6.45, 7) is 1.91. The lowest BCUT2D eigenvalue weighted by Crippen LogP contribution is -2.33. The van der Waals surface area contributed by atoms with Crippen molar-refractivity contribution in [2.24, 2.45) is 0 Å². The molecule has 1 unspecified atom stereocenters. The SMILES string of the molecule is OC(CN1CCCCS1)Cn1c2ccc(F)cc2c2ccc(F)cc21. The molecule has 1 fully saturated rings. The molecule has 1 aliphatic heterocycles. The molecule has 132 valence electrons. The van der Waals surface area contributed by atoms with Gasteiger partial charge in [0, 0.05) is 35.1 Å². The predicted octanol–water partition coefficient (Wildman–Crippen LogP) is 4.18. The summed E-state index contributed by atoms with van der Waals surface area (Å²) in [5.74, 6) is 0.436. The van der Waals surface area contributed by atoms with Crippen LogP contribution in [0.1, 0.15) is 12.8 Å². The number of aliphatic hydroxyl groups excluding tert-OH is 1. The van der Waals surface area contributed by atoms with Crippen LogP contribution in [0.4, 0.5) is 8.78 Å². The molecule has 0 amide bonds. The van der Waals surface area contributed by atoms with E-state index in [2.05, 4.69) is 4.31 Å². The molecule has 0 radical (unpaired) electrons. The van der Waals surface area contributed by atoms with Gasteiger partial charge in [-0.1, -0.05) is 11.9 Å². The zero-order chi connectivity index (χ0) is 17.4. The van der Waals surface area contributed by atoms with Crippen LogP contribution < -0.4 is 0 Å². The number of fused-ring (bicyclic) bond motifs is 3. The van der Waals surface area contributed by atoms with Crippen molar-refractivity contribution < 1.29 is 13.9 Å². The maximum atomic E-state index is 13.8. The van der Waals surface area contributed by atoms with Crippen LogP contribution in [0, 0.1) is 11.6 Å². The lowest BCUT2D eigenvalue weighted by atomic mass is 10.1. The highest BCUT2D eigenvalue weighted by Gasteiger charge is 2.19. The zero-order valence-electron chi connectivity index (χ0n) is 13.8. The van der Waals surface area contributed by atoms with Crippen molar-refractivity contribution >= 4 is 33.8 Å². The Bertz CT molecular complexity index is 905. The largest absolute Gasteiger partial charge is 0.390 e. The first-order chi connectivity index (χ1) is 12.1. The molecule has 0 bridgehead atoms. The minimum atomic E-state index is -0.572. The molecule has 3 aromatic rings. The summed E-state index contributed by atoms with van der Waals surface area (Å²) < 4.78 is 31.5. The summed E-state index contributed by atoms with van der Waals surface area (Å²) in [6, 6.07) is 9.09. The Morgan fingerprint density at radius 3 is 2.56 bits per heavy atom. The van der Waals surface area contributed by atoms with Gasteiger partial charge in [-0.25, -0.2) is 13.1 Å². The second kappa shape index (κ2) is 6.94. The Balaban J connectivity index is 1.70. The first-order valence-electron chi connectivity index (χ1n) is 8.55. The van der Waals surface area contributed by atoms with Crippen molar-refractivity contribution in [2.75, 3.05) is 18.8 Å². The molecule has 1 aromatic heterocycles. The first kappa shape index (κ1) is 16.8. The summed E-state index contributed by atoms with van der Waals surface area (Å²) in [7, 11) is 0. The molecule has 1 N–H and O–H groups in total. The number of rotatable bonds is 4. The summed E-state index contributed by atoms with van der Waals surface area (Å²) in [6.07, 6.45) is 1.80. The van der Waals surface area contributed by atoms with E-state index in [9.17, 15) is 13.9 Å². The van der Waals surface area contributed by atoms with Crippen molar-refractivity contribution in [3.8, 4) is 0 Å². The summed E-state index contributed by atoms with van der Waals surface area (Å²) in [4.78, 5) is 0. The van der Waals surface area contributed by atoms with Gasteiger partial charge in [-0.15, -0.1) is 0 Å². The van der Waals surface area contributed by atoms with Crippen LogP contribution >= 0.6 is 11.9 Å². The average molecular weight is 362 g/mol. The monoisotopic (exact) mass is 362 g/mol. The fourth-order valence-corrected chi connectivity index (χ4v) is 4.66. The summed E-state index contributed by atoms with van der Waals surface area (Å²) >= 11 is 1.77. The molecule has 0 spiro atoms. The van der Waals surface area contributed by atoms with Crippen LogP contribution in [0.2, 0.25) is 0 Å². The zero-order valence-corrected chi connectivity index (χ0v) is 14.6. The maximum absolute atomic E-state index is 13.8. The van der Waals surface area contributed by atoms with E-state index in [1.54, 1.807) is 24.1 Å². The van der Waals surface area contributed by atoms with Gasteiger partial charge in [0.2, 0.25) is 0 Å². The molecular formula is C19H20F2N2OS. The smallest absolute Gasteiger partial charge is 0.125 e. The Labute approximate surface area is 149 Å². The highest BCUT2D eigenvalue weighted by Crippen LogP contribution is 2.30. The van der Waals surface area contributed by atoms with Crippen molar-refractivity contribution in [1.29, 1.82) is 0 Å². The number of halogens is 2. The second-order valence-corrected chi connectivity index (χ2v) is 7.70. The van der Waals surface area contributed by atoms with Gasteiger partial charge in [0.25, 0.3) is 0 Å². The Kier molecular flexibility index (Phi) is 4.67. The third kappa shape index (κ3) is 3.38. The normalized spacial score (nSPS) is 17.4. The molecule has 2 heterocycles. The predicted molar refractivity (Wildman–Crippen MR) is 98.6 cm³/mol. The van der Waals surface area contributed by atoms with Gasteiger partial charge in [-0.05, 0) is 49.2 Å². The van der Waals surface area contributed by atoms with Crippen LogP contribution in [0.15, 0.2) is 36.4 Å². The molecule has 0 saturated carbocycles. The molecule has 4 rings (SSSR count). The number of aliphatic hydroxyl groups is 1. The van der Waals surface area contributed by atoms with Gasteiger partial charge in [-0.2, -0.15) is 0 Å². The molecule has 25 heavy (non-hydrogen) atoms. The number of hydrogen-bond acceptors (Lipinski definition) is 3. The van der Waals surface area contributed by atoms with Gasteiger partial charge in [0.05, 0.1) is 18.2 Å². The molecule has 2 aromatic carbocycles. The van der Waals surface area contributed by atoms with E-state index in [0.717, 1.165) is 35.0 Å². The topological polar surface area (TPSA) is 28.4 Å². The quantitative estimate of drug-likeness (QED) is 0.706. The molecule has 1 aliphatic rings. The van der Waals surface area contributed by atoms with E-state index < -0.39 is 6.10 Å². The minimum Gasteiger partial charge on any atom is -0.390 e. The molecule has 1 atom stereocenters. The van der Waals surface area contributed by atoms with E-state index in [-0.39, 0.29) is 11.6 Å². The lowest BCUT2D eigenvalue weighted by molar-refractivity contribution is 0.132. The van der Waals surface area contributed by atoms with Crippen LogP contribution in [0.3, 0.4) is 0 Å². The fraction of sp³-hybridized carbons (Fsp3) is 0.368. The van der Waals surface area contributed by atoms with Gasteiger partial charge >= 0.3 is 0 Å². The summed E-state index contributed by atoms with van der Waals surface area (Å²) in [5, 5.41) is 12.1. The maximum Gasteiger partial charge on any atom is 0.125 e. The van der Waals surface area contributed by atoms with E-state index >= 15 is 0 Å². The van der Waals surface area contributed by atoms with E-state index in [1.807, 2.05) is 4.57 Å². The molecule has 6 heteroatoms.